The Morgan fingerprint density at radius 2 is 2.00 bits per heavy atom. The van der Waals surface area contributed by atoms with Crippen LogP contribution in [0.3, 0.4) is 0 Å². The number of carbonyl (C=O) groups is 1. The number of benzene rings is 2. The fraction of sp³-hybridized carbons (Fsp3) is 0.350. The van der Waals surface area contributed by atoms with Crippen molar-refractivity contribution in [2.45, 2.75) is 18.9 Å². The van der Waals surface area contributed by atoms with Gasteiger partial charge in [-0.2, -0.15) is 0 Å². The van der Waals surface area contributed by atoms with Crippen LogP contribution in [0.25, 0.3) is 0 Å². The molecule has 5 nitrogen and oxygen atoms in total. The van der Waals surface area contributed by atoms with Crippen LogP contribution in [0, 0.1) is 5.82 Å². The summed E-state index contributed by atoms with van der Waals surface area (Å²) in [7, 11) is 1.63. The molecule has 2 aromatic carbocycles. The molecule has 0 bridgehead atoms. The van der Waals surface area contributed by atoms with Crippen LogP contribution in [0.4, 0.5) is 4.39 Å². The van der Waals surface area contributed by atoms with Crippen molar-refractivity contribution < 1.29 is 19.0 Å². The minimum absolute atomic E-state index is 0.0479. The zero-order valence-corrected chi connectivity index (χ0v) is 14.7. The first-order valence-corrected chi connectivity index (χ1v) is 8.74. The molecule has 1 atom stereocenters. The maximum absolute atomic E-state index is 13.4. The number of hydrogen-bond donors (Lipinski definition) is 2. The molecule has 0 aromatic heterocycles. The molecule has 2 aromatic rings. The van der Waals surface area contributed by atoms with E-state index in [1.165, 1.54) is 6.07 Å². The van der Waals surface area contributed by atoms with Crippen LogP contribution in [-0.4, -0.2) is 42.7 Å². The number of rotatable bonds is 6. The number of halogens is 1. The maximum Gasteiger partial charge on any atom is 0.255 e. The molecule has 0 radical (unpaired) electrons. The lowest BCUT2D eigenvalue weighted by Crippen LogP contribution is -2.37. The third kappa shape index (κ3) is 3.96. The van der Waals surface area contributed by atoms with Crippen LogP contribution >= 0.6 is 0 Å². The fourth-order valence-electron chi connectivity index (χ4n) is 3.41. The number of amides is 1. The predicted octanol–water partition coefficient (Wildman–Crippen LogP) is 3.11. The molecular weight excluding hydrogens is 335 g/mol. The van der Waals surface area contributed by atoms with E-state index in [-0.39, 0.29) is 17.4 Å². The van der Waals surface area contributed by atoms with Gasteiger partial charge in [0.2, 0.25) is 0 Å². The van der Waals surface area contributed by atoms with E-state index in [1.807, 2.05) is 24.3 Å². The lowest BCUT2D eigenvalue weighted by molar-refractivity contribution is 0.0934. The first kappa shape index (κ1) is 18.2. The molecule has 1 aliphatic heterocycles. The van der Waals surface area contributed by atoms with Crippen LogP contribution < -0.4 is 10.1 Å². The number of phenols is 1. The minimum atomic E-state index is -0.561. The van der Waals surface area contributed by atoms with E-state index < -0.39 is 11.7 Å². The third-order valence-corrected chi connectivity index (χ3v) is 4.74. The zero-order valence-electron chi connectivity index (χ0n) is 14.7. The number of hydrogen-bond acceptors (Lipinski definition) is 4. The Labute approximate surface area is 152 Å². The molecule has 1 saturated heterocycles. The molecule has 1 unspecified atom stereocenters. The van der Waals surface area contributed by atoms with Gasteiger partial charge in [-0.15, -0.1) is 0 Å². The molecule has 1 aliphatic rings. The molecule has 1 heterocycles. The van der Waals surface area contributed by atoms with E-state index in [4.69, 9.17) is 4.74 Å². The van der Waals surface area contributed by atoms with E-state index in [0.717, 1.165) is 49.4 Å². The van der Waals surface area contributed by atoms with Gasteiger partial charge >= 0.3 is 0 Å². The van der Waals surface area contributed by atoms with Crippen molar-refractivity contribution >= 4 is 5.91 Å². The van der Waals surface area contributed by atoms with Crippen molar-refractivity contribution in [1.82, 2.24) is 10.2 Å². The molecule has 6 heteroatoms. The number of nitrogens with one attached hydrogen (secondary N) is 1. The molecule has 26 heavy (non-hydrogen) atoms. The topological polar surface area (TPSA) is 61.8 Å². The highest BCUT2D eigenvalue weighted by Crippen LogP contribution is 2.31. The van der Waals surface area contributed by atoms with Crippen molar-refractivity contribution in [3.05, 3.63) is 59.4 Å². The average Bonchev–Trinajstić information content (AvgIpc) is 3.18. The zero-order chi connectivity index (χ0) is 18.5. The number of ether oxygens (including phenoxy) is 1. The summed E-state index contributed by atoms with van der Waals surface area (Å²) in [6.07, 6.45) is 2.23. The molecule has 3 rings (SSSR count). The lowest BCUT2D eigenvalue weighted by atomic mass is 10.0. The molecule has 1 amide bonds. The standard InChI is InChI=1S/C20H23FN2O3/c1-26-19-7-3-2-6-15(19)17(23-10-4-5-11-23)13-22-20(25)16-12-14(21)8-9-18(16)24/h2-3,6-9,12,17,24H,4-5,10-11,13H2,1H3,(H,22,25). The van der Waals surface area contributed by atoms with Crippen LogP contribution in [0.5, 0.6) is 11.5 Å². The molecule has 0 spiro atoms. The van der Waals surface area contributed by atoms with Gasteiger partial charge in [0.15, 0.2) is 0 Å². The summed E-state index contributed by atoms with van der Waals surface area (Å²) in [4.78, 5) is 14.7. The van der Waals surface area contributed by atoms with Crippen molar-refractivity contribution in [2.75, 3.05) is 26.7 Å². The van der Waals surface area contributed by atoms with Gasteiger partial charge in [-0.1, -0.05) is 18.2 Å². The third-order valence-electron chi connectivity index (χ3n) is 4.74. The molecule has 0 saturated carbocycles. The van der Waals surface area contributed by atoms with Gasteiger partial charge in [-0.3, -0.25) is 9.69 Å². The highest BCUT2D eigenvalue weighted by Gasteiger charge is 2.26. The SMILES string of the molecule is COc1ccccc1C(CNC(=O)c1cc(F)ccc1O)N1CCCC1. The number of carbonyl (C=O) groups excluding carboxylic acids is 1. The van der Waals surface area contributed by atoms with Crippen LogP contribution in [0.15, 0.2) is 42.5 Å². The highest BCUT2D eigenvalue weighted by atomic mass is 19.1. The Bertz CT molecular complexity index is 775. The van der Waals surface area contributed by atoms with Gasteiger partial charge in [-0.25, -0.2) is 4.39 Å². The van der Waals surface area contributed by atoms with E-state index in [0.29, 0.717) is 6.54 Å². The Hall–Kier alpha value is -2.60. The van der Waals surface area contributed by atoms with Gasteiger partial charge in [0.1, 0.15) is 17.3 Å². The second-order valence-electron chi connectivity index (χ2n) is 6.37. The highest BCUT2D eigenvalue weighted by molar-refractivity contribution is 5.96. The number of nitrogens with zero attached hydrogens (tertiary/aromatic N) is 1. The summed E-state index contributed by atoms with van der Waals surface area (Å²) in [6.45, 7) is 2.24. The Kier molecular flexibility index (Phi) is 5.73. The van der Waals surface area contributed by atoms with Crippen molar-refractivity contribution in [3.8, 4) is 11.5 Å². The Morgan fingerprint density at radius 1 is 1.27 bits per heavy atom. The molecular formula is C20H23FN2O3. The number of phenolic OH excluding ortho intramolecular Hbond substituents is 1. The number of methoxy groups -OCH3 is 1. The largest absolute Gasteiger partial charge is 0.507 e. The van der Waals surface area contributed by atoms with Gasteiger partial charge in [-0.05, 0) is 50.2 Å². The quantitative estimate of drug-likeness (QED) is 0.833. The smallest absolute Gasteiger partial charge is 0.255 e. The summed E-state index contributed by atoms with van der Waals surface area (Å²) in [5.74, 6) is -0.527. The van der Waals surface area contributed by atoms with E-state index in [1.54, 1.807) is 7.11 Å². The van der Waals surface area contributed by atoms with E-state index >= 15 is 0 Å². The second kappa shape index (κ2) is 8.19. The van der Waals surface area contributed by atoms with E-state index in [9.17, 15) is 14.3 Å². The van der Waals surface area contributed by atoms with Gasteiger partial charge in [0, 0.05) is 12.1 Å². The number of likely N-dealkylation sites (tertiary alicyclic amines) is 1. The normalized spacial score (nSPS) is 15.6. The van der Waals surface area contributed by atoms with Crippen LogP contribution in [-0.2, 0) is 0 Å². The van der Waals surface area contributed by atoms with Crippen molar-refractivity contribution in [1.29, 1.82) is 0 Å². The predicted molar refractivity (Wildman–Crippen MR) is 96.9 cm³/mol. The first-order chi connectivity index (χ1) is 12.6. The number of para-hydroxylation sites is 1. The molecule has 0 aliphatic carbocycles. The average molecular weight is 358 g/mol. The van der Waals surface area contributed by atoms with Crippen molar-refractivity contribution in [3.63, 3.8) is 0 Å². The summed E-state index contributed by atoms with van der Waals surface area (Å²) in [6, 6.07) is 11.0. The lowest BCUT2D eigenvalue weighted by Gasteiger charge is -2.29. The Morgan fingerprint density at radius 3 is 2.73 bits per heavy atom. The minimum Gasteiger partial charge on any atom is -0.507 e. The van der Waals surface area contributed by atoms with Crippen LogP contribution in [0.1, 0.15) is 34.8 Å². The molecule has 138 valence electrons. The monoisotopic (exact) mass is 358 g/mol. The second-order valence-corrected chi connectivity index (χ2v) is 6.37. The number of aromatic hydroxyl groups is 1. The summed E-state index contributed by atoms with van der Waals surface area (Å²) in [5.41, 5.74) is 0.936. The van der Waals surface area contributed by atoms with Gasteiger partial charge < -0.3 is 15.2 Å². The maximum atomic E-state index is 13.4. The fourth-order valence-corrected chi connectivity index (χ4v) is 3.41. The summed E-state index contributed by atoms with van der Waals surface area (Å²) < 4.78 is 18.9. The Balaban J connectivity index is 1.80. The summed E-state index contributed by atoms with van der Waals surface area (Å²) >= 11 is 0. The van der Waals surface area contributed by atoms with Gasteiger partial charge in [0.05, 0.1) is 18.7 Å². The van der Waals surface area contributed by atoms with Gasteiger partial charge in [0.25, 0.3) is 5.91 Å². The van der Waals surface area contributed by atoms with Crippen LogP contribution in [0.2, 0.25) is 0 Å². The summed E-state index contributed by atoms with van der Waals surface area (Å²) in [5, 5.41) is 12.7. The van der Waals surface area contributed by atoms with Crippen molar-refractivity contribution in [2.24, 2.45) is 0 Å². The van der Waals surface area contributed by atoms with E-state index in [2.05, 4.69) is 10.2 Å². The molecule has 1 fully saturated rings. The first-order valence-electron chi connectivity index (χ1n) is 8.74. The molecule has 2 N–H and O–H groups in total.